The summed E-state index contributed by atoms with van der Waals surface area (Å²) in [4.78, 5) is 30.2. The number of halogens is 1. The molecular formula is C28H38FN5O2S. The first kappa shape index (κ1) is 27.4. The summed E-state index contributed by atoms with van der Waals surface area (Å²) < 4.78 is 13.2. The molecule has 2 aliphatic heterocycles. The molecule has 4 N–H and O–H groups in total. The van der Waals surface area contributed by atoms with Gasteiger partial charge in [-0.25, -0.2) is 4.39 Å². The zero-order valence-electron chi connectivity index (χ0n) is 21.7. The van der Waals surface area contributed by atoms with Crippen LogP contribution in [-0.4, -0.2) is 71.0 Å². The molecule has 2 aliphatic rings. The van der Waals surface area contributed by atoms with Gasteiger partial charge >= 0.3 is 0 Å². The number of carbonyl (C=O) groups is 2. The number of thioether (sulfide) groups is 1. The maximum atomic E-state index is 13.2. The van der Waals surface area contributed by atoms with Crippen molar-refractivity contribution in [3.63, 3.8) is 0 Å². The largest absolute Gasteiger partial charge is 0.383 e. The van der Waals surface area contributed by atoms with Crippen LogP contribution in [-0.2, 0) is 16.0 Å². The minimum Gasteiger partial charge on any atom is -0.383 e. The van der Waals surface area contributed by atoms with Crippen LogP contribution >= 0.6 is 11.8 Å². The molecule has 4 rings (SSSR count). The molecule has 4 atom stereocenters. The van der Waals surface area contributed by atoms with Gasteiger partial charge in [-0.05, 0) is 81.6 Å². The Morgan fingerprint density at radius 1 is 1.14 bits per heavy atom. The Morgan fingerprint density at radius 2 is 1.81 bits per heavy atom. The van der Waals surface area contributed by atoms with E-state index in [-0.39, 0.29) is 28.9 Å². The number of likely N-dealkylation sites (N-methyl/N-ethyl adjacent to an activating group) is 1. The third kappa shape index (κ3) is 7.03. The average molecular weight is 528 g/mol. The minimum absolute atomic E-state index is 0.0120. The number of hydrogen-bond acceptors (Lipinski definition) is 6. The Labute approximate surface area is 223 Å². The number of anilines is 1. The van der Waals surface area contributed by atoms with Gasteiger partial charge in [0.15, 0.2) is 0 Å². The van der Waals surface area contributed by atoms with Crippen molar-refractivity contribution in [2.75, 3.05) is 38.0 Å². The Bertz CT molecular complexity index is 1050. The van der Waals surface area contributed by atoms with Gasteiger partial charge in [0.25, 0.3) is 0 Å². The molecule has 0 radical (unpaired) electrons. The second-order valence-corrected chi connectivity index (χ2v) is 11.1. The van der Waals surface area contributed by atoms with E-state index in [0.29, 0.717) is 13.1 Å². The van der Waals surface area contributed by atoms with E-state index in [4.69, 9.17) is 5.73 Å². The summed E-state index contributed by atoms with van der Waals surface area (Å²) in [6, 6.07) is 13.2. The maximum Gasteiger partial charge on any atom is 0.240 e. The number of likely N-dealkylation sites (tertiary alicyclic amines) is 1. The highest BCUT2D eigenvalue weighted by molar-refractivity contribution is 8.01. The molecule has 0 aromatic heterocycles. The Kier molecular flexibility index (Phi) is 9.45. The van der Waals surface area contributed by atoms with Crippen LogP contribution in [0.2, 0.25) is 0 Å². The molecule has 2 saturated heterocycles. The normalized spacial score (nSPS) is 21.7. The highest BCUT2D eigenvalue weighted by Crippen LogP contribution is 2.33. The summed E-state index contributed by atoms with van der Waals surface area (Å²) in [7, 11) is 0. The number of rotatable bonds is 11. The van der Waals surface area contributed by atoms with Gasteiger partial charge < -0.3 is 26.2 Å². The number of nitrogens with two attached hydrogens (primary N) is 1. The van der Waals surface area contributed by atoms with Crippen molar-refractivity contribution in [3.05, 3.63) is 65.5 Å². The average Bonchev–Trinajstić information content (AvgIpc) is 3.54. The molecule has 0 spiro atoms. The van der Waals surface area contributed by atoms with Gasteiger partial charge in [0, 0.05) is 25.3 Å². The molecule has 200 valence electrons. The highest BCUT2D eigenvalue weighted by atomic mass is 32.2. The molecule has 2 aromatic carbocycles. The summed E-state index contributed by atoms with van der Waals surface area (Å²) in [6.07, 6.45) is 3.66. The molecule has 2 amide bonds. The summed E-state index contributed by atoms with van der Waals surface area (Å²) in [5.74, 6) is -0.674. The van der Waals surface area contributed by atoms with E-state index in [9.17, 15) is 14.0 Å². The first-order valence-corrected chi connectivity index (χ1v) is 14.1. The van der Waals surface area contributed by atoms with Crippen molar-refractivity contribution in [3.8, 4) is 0 Å². The summed E-state index contributed by atoms with van der Waals surface area (Å²) in [6.45, 7) is 8.19. The van der Waals surface area contributed by atoms with Crippen molar-refractivity contribution in [2.24, 2.45) is 5.73 Å². The lowest BCUT2D eigenvalue weighted by Crippen LogP contribution is -2.53. The maximum absolute atomic E-state index is 13.2. The Morgan fingerprint density at radius 3 is 2.46 bits per heavy atom. The smallest absolute Gasteiger partial charge is 0.240 e. The Balaban J connectivity index is 1.29. The predicted octanol–water partition coefficient (Wildman–Crippen LogP) is 3.37. The van der Waals surface area contributed by atoms with E-state index in [1.165, 1.54) is 55.4 Å². The van der Waals surface area contributed by atoms with Gasteiger partial charge in [0.1, 0.15) is 22.5 Å². The standard InChI is InChI=1S/C28H38FN5O2S/c1-3-34-27(36)24(18-31-23-12-6-20(7-13-23)14-17-33-15-4-5-16-33)37-28(34)25(30)26(35)32-19(2)21-8-10-22(29)11-9-21/h6-13,19,24-25,28,31H,3-5,14-18,30H2,1-2H3,(H,32,35)/t19?,24-,25-,28?/m1/s1. The SMILES string of the molecule is CCN1C(=O)[C@@H](CNc2ccc(CCN3CCCC3)cc2)SC1[C@H](N)C(=O)NC(C)c1ccc(F)cc1. The van der Waals surface area contributed by atoms with E-state index in [1.54, 1.807) is 17.0 Å². The van der Waals surface area contributed by atoms with Crippen LogP contribution in [0.3, 0.4) is 0 Å². The van der Waals surface area contributed by atoms with Crippen LogP contribution < -0.4 is 16.4 Å². The molecule has 2 unspecified atom stereocenters. The first-order chi connectivity index (χ1) is 17.9. The van der Waals surface area contributed by atoms with Crippen molar-refractivity contribution < 1.29 is 14.0 Å². The molecule has 9 heteroatoms. The molecule has 2 fully saturated rings. The van der Waals surface area contributed by atoms with Gasteiger partial charge in [0.05, 0.1) is 6.04 Å². The van der Waals surface area contributed by atoms with E-state index in [1.807, 2.05) is 13.8 Å². The van der Waals surface area contributed by atoms with Gasteiger partial charge in [-0.15, -0.1) is 11.8 Å². The fourth-order valence-corrected chi connectivity index (χ4v) is 6.39. The minimum atomic E-state index is -0.878. The van der Waals surface area contributed by atoms with Crippen LogP contribution in [0.15, 0.2) is 48.5 Å². The van der Waals surface area contributed by atoms with Crippen LogP contribution in [0.5, 0.6) is 0 Å². The monoisotopic (exact) mass is 527 g/mol. The number of nitrogens with one attached hydrogen (secondary N) is 2. The molecule has 7 nitrogen and oxygen atoms in total. The molecule has 37 heavy (non-hydrogen) atoms. The molecule has 2 aromatic rings. The first-order valence-electron chi connectivity index (χ1n) is 13.2. The fourth-order valence-electron chi connectivity index (χ4n) is 4.93. The number of benzene rings is 2. The van der Waals surface area contributed by atoms with Gasteiger partial charge in [-0.2, -0.15) is 0 Å². The number of hydrogen-bond donors (Lipinski definition) is 3. The predicted molar refractivity (Wildman–Crippen MR) is 148 cm³/mol. The third-order valence-corrected chi connectivity index (χ3v) is 8.73. The second kappa shape index (κ2) is 12.8. The number of amides is 2. The molecule has 0 saturated carbocycles. The number of carbonyl (C=O) groups excluding carboxylic acids is 2. The van der Waals surface area contributed by atoms with E-state index in [0.717, 1.165) is 24.2 Å². The summed E-state index contributed by atoms with van der Waals surface area (Å²) >= 11 is 1.43. The van der Waals surface area contributed by atoms with Crippen molar-refractivity contribution in [1.82, 2.24) is 15.1 Å². The van der Waals surface area contributed by atoms with Crippen molar-refractivity contribution in [2.45, 2.75) is 55.8 Å². The van der Waals surface area contributed by atoms with E-state index in [2.05, 4.69) is 39.8 Å². The van der Waals surface area contributed by atoms with Crippen LogP contribution in [0.1, 0.15) is 43.9 Å². The van der Waals surface area contributed by atoms with E-state index >= 15 is 0 Å². The fraction of sp³-hybridized carbons (Fsp3) is 0.500. The van der Waals surface area contributed by atoms with Crippen molar-refractivity contribution in [1.29, 1.82) is 0 Å². The quantitative estimate of drug-likeness (QED) is 0.415. The van der Waals surface area contributed by atoms with Gasteiger partial charge in [-0.3, -0.25) is 9.59 Å². The Hall–Kier alpha value is -2.62. The third-order valence-electron chi connectivity index (χ3n) is 7.21. The van der Waals surface area contributed by atoms with Crippen molar-refractivity contribution >= 4 is 29.3 Å². The lowest BCUT2D eigenvalue weighted by Gasteiger charge is -2.27. The molecule has 2 heterocycles. The van der Waals surface area contributed by atoms with Crippen LogP contribution in [0.4, 0.5) is 10.1 Å². The zero-order valence-corrected chi connectivity index (χ0v) is 22.5. The summed E-state index contributed by atoms with van der Waals surface area (Å²) in [5.41, 5.74) is 9.42. The van der Waals surface area contributed by atoms with Gasteiger partial charge in [-0.1, -0.05) is 24.3 Å². The molecular weight excluding hydrogens is 489 g/mol. The van der Waals surface area contributed by atoms with Gasteiger partial charge in [0.2, 0.25) is 11.8 Å². The zero-order chi connectivity index (χ0) is 26.4. The highest BCUT2D eigenvalue weighted by Gasteiger charge is 2.44. The second-order valence-electron chi connectivity index (χ2n) is 9.82. The lowest BCUT2D eigenvalue weighted by molar-refractivity contribution is -0.131. The van der Waals surface area contributed by atoms with Crippen LogP contribution in [0, 0.1) is 5.82 Å². The molecule has 0 aliphatic carbocycles. The number of nitrogens with zero attached hydrogens (tertiary/aromatic N) is 2. The molecule has 0 bridgehead atoms. The topological polar surface area (TPSA) is 90.7 Å². The van der Waals surface area contributed by atoms with E-state index < -0.39 is 11.4 Å². The lowest BCUT2D eigenvalue weighted by atomic mass is 10.1. The summed E-state index contributed by atoms with van der Waals surface area (Å²) in [5, 5.41) is 5.51. The van der Waals surface area contributed by atoms with Crippen LogP contribution in [0.25, 0.3) is 0 Å².